The highest BCUT2D eigenvalue weighted by molar-refractivity contribution is 7.97. The first kappa shape index (κ1) is 14.9. The van der Waals surface area contributed by atoms with Gasteiger partial charge in [-0.15, -0.1) is 0 Å². The van der Waals surface area contributed by atoms with Gasteiger partial charge in [0.25, 0.3) is 5.91 Å². The molecule has 0 aliphatic carbocycles. The van der Waals surface area contributed by atoms with Crippen molar-refractivity contribution in [2.75, 3.05) is 11.6 Å². The average molecular weight is 306 g/mol. The number of carbonyl (C=O) groups is 1. The van der Waals surface area contributed by atoms with Crippen molar-refractivity contribution in [1.82, 2.24) is 0 Å². The van der Waals surface area contributed by atoms with Gasteiger partial charge in [0.1, 0.15) is 0 Å². The van der Waals surface area contributed by atoms with Gasteiger partial charge in [-0.3, -0.25) is 4.79 Å². The molecule has 2 rings (SSSR count). The number of anilines is 1. The number of halogens is 1. The van der Waals surface area contributed by atoms with Crippen molar-refractivity contribution in [3.63, 3.8) is 0 Å². The third-order valence-corrected chi connectivity index (χ3v) is 3.83. The van der Waals surface area contributed by atoms with Crippen LogP contribution in [0.5, 0.6) is 0 Å². The molecule has 1 amide bonds. The van der Waals surface area contributed by atoms with Crippen LogP contribution in [0.2, 0.25) is 5.02 Å². The van der Waals surface area contributed by atoms with Gasteiger partial charge < -0.3 is 5.32 Å². The molecule has 0 atom stereocenters. The first-order chi connectivity index (χ1) is 9.60. The fourth-order valence-corrected chi connectivity index (χ4v) is 2.64. The number of thioether (sulfide) groups is 1. The van der Waals surface area contributed by atoms with E-state index in [9.17, 15) is 4.79 Å². The Labute approximate surface area is 128 Å². The molecule has 0 unspecified atom stereocenters. The van der Waals surface area contributed by atoms with Crippen LogP contribution in [0.15, 0.2) is 42.5 Å². The number of benzene rings is 2. The monoisotopic (exact) mass is 305 g/mol. The first-order valence-corrected chi connectivity index (χ1v) is 8.02. The van der Waals surface area contributed by atoms with E-state index in [0.29, 0.717) is 16.3 Å². The second kappa shape index (κ2) is 6.82. The van der Waals surface area contributed by atoms with Crippen LogP contribution >= 0.6 is 23.4 Å². The van der Waals surface area contributed by atoms with Crippen LogP contribution < -0.4 is 5.32 Å². The Hall–Kier alpha value is -1.45. The highest BCUT2D eigenvalue weighted by Gasteiger charge is 2.08. The Balaban J connectivity index is 2.11. The summed E-state index contributed by atoms with van der Waals surface area (Å²) in [7, 11) is 0. The van der Waals surface area contributed by atoms with Crippen molar-refractivity contribution in [2.45, 2.75) is 12.7 Å². The van der Waals surface area contributed by atoms with Crippen molar-refractivity contribution in [1.29, 1.82) is 0 Å². The molecule has 0 aromatic heterocycles. The number of carbonyl (C=O) groups excluding carboxylic acids is 1. The van der Waals surface area contributed by atoms with Gasteiger partial charge in [-0.2, -0.15) is 11.8 Å². The quantitative estimate of drug-likeness (QED) is 0.882. The van der Waals surface area contributed by atoms with Crippen molar-refractivity contribution in [3.05, 3.63) is 64.2 Å². The van der Waals surface area contributed by atoms with E-state index in [2.05, 4.69) is 11.6 Å². The summed E-state index contributed by atoms with van der Waals surface area (Å²) >= 11 is 7.87. The molecule has 0 saturated carbocycles. The summed E-state index contributed by atoms with van der Waals surface area (Å²) in [4.78, 5) is 12.1. The molecule has 2 aromatic carbocycles. The number of nitrogens with one attached hydrogen (secondary N) is 1. The van der Waals surface area contributed by atoms with Gasteiger partial charge in [-0.05, 0) is 48.6 Å². The van der Waals surface area contributed by atoms with Gasteiger partial charge in [0.15, 0.2) is 0 Å². The van der Waals surface area contributed by atoms with Crippen LogP contribution in [0, 0.1) is 6.92 Å². The van der Waals surface area contributed by atoms with E-state index in [0.717, 1.165) is 11.3 Å². The Morgan fingerprint density at radius 1 is 1.20 bits per heavy atom. The fourth-order valence-electron chi connectivity index (χ4n) is 1.84. The van der Waals surface area contributed by atoms with Crippen LogP contribution in [0.3, 0.4) is 0 Å². The lowest BCUT2D eigenvalue weighted by molar-refractivity contribution is 0.102. The highest BCUT2D eigenvalue weighted by atomic mass is 35.5. The van der Waals surface area contributed by atoms with E-state index in [1.165, 1.54) is 5.56 Å². The molecule has 0 aliphatic heterocycles. The lowest BCUT2D eigenvalue weighted by Crippen LogP contribution is -2.12. The molecule has 20 heavy (non-hydrogen) atoms. The van der Waals surface area contributed by atoms with Crippen molar-refractivity contribution in [3.8, 4) is 0 Å². The van der Waals surface area contributed by atoms with Gasteiger partial charge in [0.05, 0.1) is 10.7 Å². The summed E-state index contributed by atoms with van der Waals surface area (Å²) in [6.07, 6.45) is 2.06. The van der Waals surface area contributed by atoms with Crippen LogP contribution in [-0.2, 0) is 5.75 Å². The summed E-state index contributed by atoms with van der Waals surface area (Å²) in [5, 5.41) is 3.38. The van der Waals surface area contributed by atoms with E-state index in [-0.39, 0.29) is 5.91 Å². The van der Waals surface area contributed by atoms with Crippen LogP contribution in [0.1, 0.15) is 21.5 Å². The Kier molecular flexibility index (Phi) is 5.10. The van der Waals surface area contributed by atoms with E-state index in [1.54, 1.807) is 11.8 Å². The van der Waals surface area contributed by atoms with Gasteiger partial charge in [0, 0.05) is 11.3 Å². The van der Waals surface area contributed by atoms with Gasteiger partial charge in [-0.1, -0.05) is 29.8 Å². The number of hydrogen-bond acceptors (Lipinski definition) is 2. The second-order valence-electron chi connectivity index (χ2n) is 4.57. The van der Waals surface area contributed by atoms with Gasteiger partial charge in [-0.25, -0.2) is 0 Å². The van der Waals surface area contributed by atoms with Gasteiger partial charge >= 0.3 is 0 Å². The minimum absolute atomic E-state index is 0.147. The first-order valence-electron chi connectivity index (χ1n) is 6.25. The maximum atomic E-state index is 12.1. The molecule has 0 radical (unpaired) electrons. The summed E-state index contributed by atoms with van der Waals surface area (Å²) in [6.45, 7) is 1.96. The molecule has 104 valence electrons. The Morgan fingerprint density at radius 2 is 1.90 bits per heavy atom. The zero-order valence-corrected chi connectivity index (χ0v) is 13.0. The molecule has 2 aromatic rings. The number of hydrogen-bond donors (Lipinski definition) is 1. The molecular formula is C16H16ClNOS. The molecule has 0 aliphatic rings. The Bertz CT molecular complexity index is 610. The third kappa shape index (κ3) is 3.78. The highest BCUT2D eigenvalue weighted by Crippen LogP contribution is 2.23. The topological polar surface area (TPSA) is 29.1 Å². The zero-order valence-electron chi connectivity index (χ0n) is 11.4. The fraction of sp³-hybridized carbons (Fsp3) is 0.188. The molecule has 0 fully saturated rings. The minimum Gasteiger partial charge on any atom is -0.321 e. The molecular weight excluding hydrogens is 290 g/mol. The molecule has 0 bridgehead atoms. The SMILES string of the molecule is CSCc1ccc(C(=O)Nc2ccc(C)cc2Cl)cc1. The minimum atomic E-state index is -0.147. The van der Waals surface area contributed by atoms with Crippen LogP contribution in [0.4, 0.5) is 5.69 Å². The lowest BCUT2D eigenvalue weighted by atomic mass is 10.1. The predicted molar refractivity (Wildman–Crippen MR) is 87.8 cm³/mol. The third-order valence-electron chi connectivity index (χ3n) is 2.90. The summed E-state index contributed by atoms with van der Waals surface area (Å²) in [5.74, 6) is 0.803. The molecule has 4 heteroatoms. The van der Waals surface area contributed by atoms with E-state index in [1.807, 2.05) is 49.4 Å². The molecule has 0 heterocycles. The normalized spacial score (nSPS) is 10.3. The van der Waals surface area contributed by atoms with Crippen LogP contribution in [-0.4, -0.2) is 12.2 Å². The van der Waals surface area contributed by atoms with Crippen molar-refractivity contribution < 1.29 is 4.79 Å². The van der Waals surface area contributed by atoms with Gasteiger partial charge in [0.2, 0.25) is 0 Å². The van der Waals surface area contributed by atoms with Crippen molar-refractivity contribution in [2.24, 2.45) is 0 Å². The molecule has 0 saturated heterocycles. The number of aryl methyl sites for hydroxylation is 1. The summed E-state index contributed by atoms with van der Waals surface area (Å²) in [6, 6.07) is 13.2. The van der Waals surface area contributed by atoms with Crippen molar-refractivity contribution >= 4 is 35.0 Å². The molecule has 0 spiro atoms. The number of rotatable bonds is 4. The van der Waals surface area contributed by atoms with Crippen LogP contribution in [0.25, 0.3) is 0 Å². The smallest absolute Gasteiger partial charge is 0.255 e. The lowest BCUT2D eigenvalue weighted by Gasteiger charge is -2.08. The van der Waals surface area contributed by atoms with E-state index >= 15 is 0 Å². The van der Waals surface area contributed by atoms with E-state index in [4.69, 9.17) is 11.6 Å². The predicted octanol–water partition coefficient (Wildman–Crippen LogP) is 4.76. The maximum Gasteiger partial charge on any atom is 0.255 e. The Morgan fingerprint density at radius 3 is 2.50 bits per heavy atom. The summed E-state index contributed by atoms with van der Waals surface area (Å²) < 4.78 is 0. The molecule has 2 nitrogen and oxygen atoms in total. The average Bonchev–Trinajstić information content (AvgIpc) is 2.43. The largest absolute Gasteiger partial charge is 0.321 e. The van der Waals surface area contributed by atoms with E-state index < -0.39 is 0 Å². The summed E-state index contributed by atoms with van der Waals surface area (Å²) in [5.41, 5.74) is 3.54. The molecule has 1 N–H and O–H groups in total. The maximum absolute atomic E-state index is 12.1. The standard InChI is InChI=1S/C16H16ClNOS/c1-11-3-8-15(14(17)9-11)18-16(19)13-6-4-12(5-7-13)10-20-2/h3-9H,10H2,1-2H3,(H,18,19). The second-order valence-corrected chi connectivity index (χ2v) is 5.84. The number of amides is 1. The zero-order chi connectivity index (χ0) is 14.5.